The van der Waals surface area contributed by atoms with Crippen LogP contribution in [0.5, 0.6) is 0 Å². The van der Waals surface area contributed by atoms with Gasteiger partial charge < -0.3 is 14.6 Å². The Hall–Kier alpha value is -5.72. The molecule has 4 aliphatic heterocycles. The highest BCUT2D eigenvalue weighted by Crippen LogP contribution is 2.56. The Kier molecular flexibility index (Phi) is 11.7. The van der Waals surface area contributed by atoms with Crippen molar-refractivity contribution in [2.75, 3.05) is 6.54 Å². The predicted octanol–water partition coefficient (Wildman–Crippen LogP) is 11.2. The van der Waals surface area contributed by atoms with E-state index in [9.17, 15) is 19.2 Å². The average Bonchev–Trinajstić information content (AvgIpc) is 3.86. The molecule has 7 aliphatic rings. The summed E-state index contributed by atoms with van der Waals surface area (Å²) in [5, 5.41) is 7.64. The number of allylic oxidation sites excluding steroid dienone is 1. The van der Waals surface area contributed by atoms with Gasteiger partial charge in [0.05, 0.1) is 17.8 Å². The Morgan fingerprint density at radius 2 is 1.42 bits per heavy atom. The van der Waals surface area contributed by atoms with Crippen molar-refractivity contribution in [3.63, 3.8) is 0 Å². The molecular formula is C52H60F2N4O7. The second-order valence-corrected chi connectivity index (χ2v) is 21.0. The van der Waals surface area contributed by atoms with Crippen molar-refractivity contribution in [1.29, 1.82) is 0 Å². The van der Waals surface area contributed by atoms with Crippen LogP contribution in [-0.2, 0) is 31.4 Å². The molecule has 11 nitrogen and oxygen atoms in total. The maximum atomic E-state index is 15.4. The fourth-order valence-electron chi connectivity index (χ4n) is 10.3. The highest BCUT2D eigenvalue weighted by Gasteiger charge is 2.56. The summed E-state index contributed by atoms with van der Waals surface area (Å²) in [6.45, 7) is 17.1. The van der Waals surface area contributed by atoms with Crippen LogP contribution in [0.1, 0.15) is 127 Å². The lowest BCUT2D eigenvalue weighted by atomic mass is 9.92. The number of aliphatic imine (C=N–C) groups is 2. The molecule has 3 aromatic rings. The van der Waals surface area contributed by atoms with Crippen LogP contribution < -0.4 is 0 Å². The van der Waals surface area contributed by atoms with E-state index >= 15 is 8.78 Å². The minimum Gasteiger partial charge on any atom is -0.476 e. The Balaban J connectivity index is 0.000000166. The van der Waals surface area contributed by atoms with Gasteiger partial charge in [0.25, 0.3) is 5.92 Å². The number of aliphatic carboxylic acids is 1. The first kappa shape index (κ1) is 45.8. The number of nitrogens with zero attached hydrogens (tertiary/aromatic N) is 4. The zero-order chi connectivity index (χ0) is 47.0. The van der Waals surface area contributed by atoms with E-state index < -0.39 is 28.9 Å². The highest BCUT2D eigenvalue weighted by atomic mass is 19.3. The number of fused-ring (bicyclic) bond motifs is 6. The van der Waals surface area contributed by atoms with Crippen molar-refractivity contribution in [2.45, 2.75) is 149 Å². The number of carboxylic acids is 1. The third-order valence-electron chi connectivity index (χ3n) is 13.5. The Morgan fingerprint density at radius 3 is 2.06 bits per heavy atom. The number of rotatable bonds is 4. The fourth-order valence-corrected chi connectivity index (χ4v) is 10.3. The van der Waals surface area contributed by atoms with Crippen LogP contribution in [0, 0.1) is 25.2 Å². The molecular weight excluding hydrogens is 831 g/mol. The van der Waals surface area contributed by atoms with Gasteiger partial charge in [0.1, 0.15) is 11.2 Å². The molecule has 65 heavy (non-hydrogen) atoms. The number of Topliss-reactive ketones (excluding diaryl/α,β-unsaturated/α-hetero) is 1. The van der Waals surface area contributed by atoms with Gasteiger partial charge in [0, 0.05) is 61.1 Å². The van der Waals surface area contributed by atoms with Crippen LogP contribution in [0.3, 0.4) is 0 Å². The van der Waals surface area contributed by atoms with E-state index in [1.807, 2.05) is 70.4 Å². The lowest BCUT2D eigenvalue weighted by molar-refractivity contribution is -0.148. The number of carbonyl (C=O) groups excluding carboxylic acids is 3. The summed E-state index contributed by atoms with van der Waals surface area (Å²) in [5.74, 6) is -4.69. The number of amides is 2. The number of benzene rings is 3. The minimum atomic E-state index is -3.02. The van der Waals surface area contributed by atoms with Crippen molar-refractivity contribution in [2.24, 2.45) is 21.3 Å². The molecule has 2 saturated carbocycles. The maximum Gasteiger partial charge on any atom is 0.411 e. The van der Waals surface area contributed by atoms with Gasteiger partial charge in [-0.3, -0.25) is 24.6 Å². The third-order valence-corrected chi connectivity index (χ3v) is 13.5. The van der Waals surface area contributed by atoms with Crippen LogP contribution in [0.4, 0.5) is 24.1 Å². The Bertz CT molecular complexity index is 2550. The first-order valence-electron chi connectivity index (χ1n) is 22.7. The topological polar surface area (TPSA) is 138 Å². The van der Waals surface area contributed by atoms with E-state index in [2.05, 4.69) is 25.1 Å². The van der Waals surface area contributed by atoms with E-state index in [0.29, 0.717) is 36.1 Å². The van der Waals surface area contributed by atoms with E-state index in [-0.39, 0.29) is 40.8 Å². The highest BCUT2D eigenvalue weighted by molar-refractivity contribution is 6.31. The number of carboxylic acid groups (broad SMARTS) is 1. The number of ether oxygens (including phenoxy) is 2. The van der Waals surface area contributed by atoms with Gasteiger partial charge in [-0.25, -0.2) is 14.4 Å². The molecule has 2 saturated heterocycles. The number of piperidine rings is 1. The molecule has 3 aromatic carbocycles. The molecule has 0 radical (unpaired) electrons. The second kappa shape index (κ2) is 16.6. The largest absolute Gasteiger partial charge is 0.476 e. The molecule has 1 unspecified atom stereocenters. The van der Waals surface area contributed by atoms with E-state index in [0.717, 1.165) is 79.3 Å². The van der Waals surface area contributed by atoms with Crippen LogP contribution in [-0.4, -0.2) is 86.1 Å². The molecule has 2 bridgehead atoms. The summed E-state index contributed by atoms with van der Waals surface area (Å²) in [4.78, 5) is 58.1. The predicted molar refractivity (Wildman–Crippen MR) is 246 cm³/mol. The molecule has 13 heteroatoms. The van der Waals surface area contributed by atoms with Crippen molar-refractivity contribution < 1.29 is 42.5 Å². The molecule has 0 aromatic heterocycles. The van der Waals surface area contributed by atoms with E-state index in [1.54, 1.807) is 30.5 Å². The van der Waals surface area contributed by atoms with Crippen molar-refractivity contribution in [3.8, 4) is 11.1 Å². The van der Waals surface area contributed by atoms with Gasteiger partial charge >= 0.3 is 18.2 Å². The van der Waals surface area contributed by atoms with Gasteiger partial charge in [0.2, 0.25) is 5.78 Å². The van der Waals surface area contributed by atoms with Crippen LogP contribution in [0.15, 0.2) is 70.8 Å². The Labute approximate surface area is 380 Å². The average molecular weight is 891 g/mol. The van der Waals surface area contributed by atoms with Gasteiger partial charge in [0.15, 0.2) is 0 Å². The number of halogens is 2. The molecule has 344 valence electrons. The van der Waals surface area contributed by atoms with Crippen LogP contribution in [0.25, 0.3) is 16.7 Å². The van der Waals surface area contributed by atoms with Crippen molar-refractivity contribution in [3.05, 3.63) is 94.2 Å². The number of alkyl halides is 2. The molecule has 1 spiro atoms. The quantitative estimate of drug-likeness (QED) is 0.257. The van der Waals surface area contributed by atoms with Gasteiger partial charge in [-0.15, -0.1) is 0 Å². The lowest BCUT2D eigenvalue weighted by Crippen LogP contribution is -2.50. The second-order valence-electron chi connectivity index (χ2n) is 21.0. The number of hydrogen-bond donors (Lipinski definition) is 1. The molecule has 4 fully saturated rings. The fraction of sp³-hybridized carbons (Fsp3) is 0.500. The first-order valence-corrected chi connectivity index (χ1v) is 22.7. The number of aryl methyl sites for hydroxylation is 2. The molecule has 2 amide bonds. The summed E-state index contributed by atoms with van der Waals surface area (Å²) in [6, 6.07) is 17.4. The van der Waals surface area contributed by atoms with Crippen molar-refractivity contribution >= 4 is 46.6 Å². The minimum absolute atomic E-state index is 0.0538. The number of hydrogen-bond acceptors (Lipinski definition) is 8. The number of carbonyl (C=O) groups is 4. The molecule has 10 rings (SSSR count). The summed E-state index contributed by atoms with van der Waals surface area (Å²) in [7, 11) is 0. The van der Waals surface area contributed by atoms with Crippen LogP contribution in [0.2, 0.25) is 0 Å². The van der Waals surface area contributed by atoms with Crippen molar-refractivity contribution in [1.82, 2.24) is 9.80 Å². The summed E-state index contributed by atoms with van der Waals surface area (Å²) in [6.07, 6.45) is 9.26. The smallest absolute Gasteiger partial charge is 0.411 e. The van der Waals surface area contributed by atoms with E-state index in [1.165, 1.54) is 17.5 Å². The van der Waals surface area contributed by atoms with Gasteiger partial charge in [-0.2, -0.15) is 8.78 Å². The number of ketones is 1. The summed E-state index contributed by atoms with van der Waals surface area (Å²) < 4.78 is 42.1. The van der Waals surface area contributed by atoms with Crippen LogP contribution >= 0.6 is 0 Å². The monoisotopic (exact) mass is 890 g/mol. The Morgan fingerprint density at radius 1 is 0.800 bits per heavy atom. The lowest BCUT2D eigenvalue weighted by Gasteiger charge is -2.36. The zero-order valence-corrected chi connectivity index (χ0v) is 38.9. The van der Waals surface area contributed by atoms with Gasteiger partial charge in [-0.05, 0) is 151 Å². The molecule has 3 aliphatic carbocycles. The zero-order valence-electron chi connectivity index (χ0n) is 38.9. The standard InChI is InChI=1S/C29H30F2N2O2.C20H26N2O2.C3H4O3/c1-17-5-7-20-21-8-6-18(12-23(21)29(30,31)22(20)11-17)19-13-24(32-15-19)25-14-28(9-10-28)16-33(25)26(34)35-27(2,3)4;1-12-5-8-16-14(9-12)11-17(21-16)18-13-6-7-15(10-13)22(18)19(23)24-20(2,3)4;1-2(4)3(5)6/h5-8,11-12,15,25H,9-10,13-14,16H2,1-4H3;5,8-9,13,15,18H,6-7,10-11H2,1-4H3;1H3,(H,5,6)/t;13-,15+,18-;/m.0./s1. The molecule has 4 atom stereocenters. The molecule has 1 N–H and O–H groups in total. The summed E-state index contributed by atoms with van der Waals surface area (Å²) >= 11 is 0. The third kappa shape index (κ3) is 9.38. The first-order chi connectivity index (χ1) is 30.4. The van der Waals surface area contributed by atoms with E-state index in [4.69, 9.17) is 24.6 Å². The SMILES string of the molecule is CC(=O)C(=O)O.Cc1ccc2c(c1)C(F)(F)c1cc(C3=CN=C(C4CC5(CC5)CN4C(=O)OC(C)(C)C)C3)ccc1-2.Cc1ccc2c(c1)CC([C@@H]1[C@H]3CC[C@H](C3)N1C(=O)OC(C)(C)C)=N2. The summed E-state index contributed by atoms with van der Waals surface area (Å²) in [5.41, 5.74) is 8.68. The molecule has 4 heterocycles. The van der Waals surface area contributed by atoms with Gasteiger partial charge in [-0.1, -0.05) is 47.5 Å². The number of likely N-dealkylation sites (tertiary alicyclic amines) is 2. The normalized spacial score (nSPS) is 23.5. The maximum absolute atomic E-state index is 15.4.